The summed E-state index contributed by atoms with van der Waals surface area (Å²) in [4.78, 5) is 18.3. The first-order chi connectivity index (χ1) is 9.29. The summed E-state index contributed by atoms with van der Waals surface area (Å²) in [5.74, 6) is 0.499. The van der Waals surface area contributed by atoms with E-state index in [1.165, 1.54) is 5.56 Å². The van der Waals surface area contributed by atoms with Gasteiger partial charge in [-0.1, -0.05) is 18.2 Å². The second kappa shape index (κ2) is 4.72. The van der Waals surface area contributed by atoms with Crippen molar-refractivity contribution in [3.05, 3.63) is 53.7 Å². The number of benzene rings is 1. The zero-order chi connectivity index (χ0) is 13.2. The minimum absolute atomic E-state index is 0.0138. The Kier molecular flexibility index (Phi) is 2.91. The summed E-state index contributed by atoms with van der Waals surface area (Å²) in [6.45, 7) is 0.726. The molecule has 1 aromatic heterocycles. The Balaban J connectivity index is 1.89. The lowest BCUT2D eigenvalue weighted by Gasteiger charge is -2.17. The molecular formula is C15H14N2O2. The highest BCUT2D eigenvalue weighted by molar-refractivity contribution is 6.07. The number of ether oxygens (including phenoxy) is 1. The molecule has 3 rings (SSSR count). The van der Waals surface area contributed by atoms with E-state index in [0.717, 1.165) is 18.7 Å². The van der Waals surface area contributed by atoms with Crippen LogP contribution in [0.3, 0.4) is 0 Å². The van der Waals surface area contributed by atoms with E-state index in [1.54, 1.807) is 30.3 Å². The number of pyridine rings is 1. The molecule has 0 radical (unpaired) electrons. The summed E-state index contributed by atoms with van der Waals surface area (Å²) in [7, 11) is 1.56. The highest BCUT2D eigenvalue weighted by Gasteiger charge is 2.25. The van der Waals surface area contributed by atoms with Crippen LogP contribution in [0.1, 0.15) is 15.9 Å². The molecule has 0 aliphatic carbocycles. The van der Waals surface area contributed by atoms with E-state index in [-0.39, 0.29) is 5.91 Å². The molecule has 1 aliphatic rings. The largest absolute Gasteiger partial charge is 0.481 e. The topological polar surface area (TPSA) is 42.4 Å². The van der Waals surface area contributed by atoms with E-state index >= 15 is 0 Å². The Morgan fingerprint density at radius 3 is 2.84 bits per heavy atom. The van der Waals surface area contributed by atoms with Gasteiger partial charge in [-0.25, -0.2) is 4.98 Å². The van der Waals surface area contributed by atoms with Gasteiger partial charge in [-0.15, -0.1) is 0 Å². The lowest BCUT2D eigenvalue weighted by Crippen LogP contribution is -2.28. The zero-order valence-electron chi connectivity index (χ0n) is 10.7. The highest BCUT2D eigenvalue weighted by atomic mass is 16.5. The van der Waals surface area contributed by atoms with Gasteiger partial charge in [0.1, 0.15) is 0 Å². The molecular weight excluding hydrogens is 240 g/mol. The Morgan fingerprint density at radius 2 is 2.11 bits per heavy atom. The molecule has 19 heavy (non-hydrogen) atoms. The average Bonchev–Trinajstić information content (AvgIpc) is 2.90. The molecule has 0 unspecified atom stereocenters. The Bertz CT molecular complexity index is 608. The molecule has 0 N–H and O–H groups in total. The number of hydrogen-bond donors (Lipinski definition) is 0. The monoisotopic (exact) mass is 254 g/mol. The quantitative estimate of drug-likeness (QED) is 0.825. The number of anilines is 1. The van der Waals surface area contributed by atoms with Gasteiger partial charge in [-0.3, -0.25) is 4.79 Å². The fourth-order valence-electron chi connectivity index (χ4n) is 2.33. The number of carbonyl (C=O) groups is 1. The predicted octanol–water partition coefficient (Wildman–Crippen LogP) is 2.29. The van der Waals surface area contributed by atoms with Crippen molar-refractivity contribution < 1.29 is 9.53 Å². The van der Waals surface area contributed by atoms with Gasteiger partial charge in [-0.2, -0.15) is 0 Å². The fourth-order valence-corrected chi connectivity index (χ4v) is 2.33. The molecule has 2 aromatic rings. The smallest absolute Gasteiger partial charge is 0.259 e. The maximum absolute atomic E-state index is 12.5. The molecule has 1 aliphatic heterocycles. The van der Waals surface area contributed by atoms with Crippen LogP contribution in [0.5, 0.6) is 5.88 Å². The van der Waals surface area contributed by atoms with Crippen molar-refractivity contribution in [2.45, 2.75) is 6.42 Å². The first-order valence-corrected chi connectivity index (χ1v) is 6.19. The molecule has 4 heteroatoms. The number of hydrogen-bond acceptors (Lipinski definition) is 3. The summed E-state index contributed by atoms with van der Waals surface area (Å²) in [6.07, 6.45) is 2.47. The van der Waals surface area contributed by atoms with E-state index < -0.39 is 0 Å². The van der Waals surface area contributed by atoms with Gasteiger partial charge in [0.05, 0.1) is 12.7 Å². The molecule has 0 spiro atoms. The van der Waals surface area contributed by atoms with E-state index in [9.17, 15) is 4.79 Å². The second-order valence-electron chi connectivity index (χ2n) is 4.42. The van der Waals surface area contributed by atoms with E-state index in [4.69, 9.17) is 4.74 Å². The van der Waals surface area contributed by atoms with Crippen molar-refractivity contribution in [2.75, 3.05) is 18.6 Å². The summed E-state index contributed by atoms with van der Waals surface area (Å²) in [5, 5.41) is 0. The van der Waals surface area contributed by atoms with Crippen molar-refractivity contribution in [3.63, 3.8) is 0 Å². The van der Waals surface area contributed by atoms with Gasteiger partial charge in [0.15, 0.2) is 0 Å². The highest BCUT2D eigenvalue weighted by Crippen LogP contribution is 2.28. The molecule has 1 amide bonds. The average molecular weight is 254 g/mol. The summed E-state index contributed by atoms with van der Waals surface area (Å²) in [5.41, 5.74) is 2.80. The van der Waals surface area contributed by atoms with E-state index in [2.05, 4.69) is 11.1 Å². The third kappa shape index (κ3) is 2.05. The Hall–Kier alpha value is -2.36. The van der Waals surface area contributed by atoms with Crippen molar-refractivity contribution in [1.82, 2.24) is 4.98 Å². The number of carbonyl (C=O) groups excluding carboxylic acids is 1. The minimum atomic E-state index is -0.0138. The van der Waals surface area contributed by atoms with Gasteiger partial charge in [0, 0.05) is 24.5 Å². The van der Waals surface area contributed by atoms with Crippen molar-refractivity contribution in [1.29, 1.82) is 0 Å². The molecule has 2 heterocycles. The van der Waals surface area contributed by atoms with Gasteiger partial charge in [0.2, 0.25) is 5.88 Å². The molecule has 0 bridgehead atoms. The van der Waals surface area contributed by atoms with Gasteiger partial charge in [0.25, 0.3) is 5.91 Å². The van der Waals surface area contributed by atoms with Crippen LogP contribution >= 0.6 is 0 Å². The third-order valence-electron chi connectivity index (χ3n) is 3.32. The van der Waals surface area contributed by atoms with Crippen LogP contribution in [0.25, 0.3) is 0 Å². The number of para-hydroxylation sites is 1. The molecule has 0 saturated carbocycles. The maximum atomic E-state index is 12.5. The number of nitrogens with zero attached hydrogens (tertiary/aromatic N) is 2. The maximum Gasteiger partial charge on any atom is 0.259 e. The number of rotatable bonds is 2. The predicted molar refractivity (Wildman–Crippen MR) is 72.6 cm³/mol. The zero-order valence-corrected chi connectivity index (χ0v) is 10.7. The minimum Gasteiger partial charge on any atom is -0.481 e. The summed E-state index contributed by atoms with van der Waals surface area (Å²) < 4.78 is 4.99. The molecule has 96 valence electrons. The van der Waals surface area contributed by atoms with Crippen LogP contribution < -0.4 is 9.64 Å². The molecule has 4 nitrogen and oxygen atoms in total. The first kappa shape index (κ1) is 11.7. The molecule has 0 saturated heterocycles. The van der Waals surface area contributed by atoms with Crippen molar-refractivity contribution in [2.24, 2.45) is 0 Å². The van der Waals surface area contributed by atoms with Crippen LogP contribution in [0.2, 0.25) is 0 Å². The second-order valence-corrected chi connectivity index (χ2v) is 4.42. The summed E-state index contributed by atoms with van der Waals surface area (Å²) >= 11 is 0. The number of amides is 1. The molecule has 0 atom stereocenters. The first-order valence-electron chi connectivity index (χ1n) is 6.19. The van der Waals surface area contributed by atoms with Crippen LogP contribution in [-0.4, -0.2) is 24.5 Å². The number of aromatic nitrogens is 1. The summed E-state index contributed by atoms with van der Waals surface area (Å²) in [6, 6.07) is 11.5. The lowest BCUT2D eigenvalue weighted by atomic mass is 10.2. The van der Waals surface area contributed by atoms with Crippen molar-refractivity contribution in [3.8, 4) is 5.88 Å². The Labute approximate surface area is 111 Å². The van der Waals surface area contributed by atoms with Crippen LogP contribution in [-0.2, 0) is 6.42 Å². The Morgan fingerprint density at radius 1 is 1.26 bits per heavy atom. The fraction of sp³-hybridized carbons (Fsp3) is 0.200. The van der Waals surface area contributed by atoms with Gasteiger partial charge < -0.3 is 9.64 Å². The SMILES string of the molecule is COc1ccc(C(=O)N2CCc3ccccc32)cn1. The third-order valence-corrected chi connectivity index (χ3v) is 3.32. The van der Waals surface area contributed by atoms with Crippen LogP contribution in [0.15, 0.2) is 42.6 Å². The van der Waals surface area contributed by atoms with E-state index in [0.29, 0.717) is 11.4 Å². The van der Waals surface area contributed by atoms with E-state index in [1.807, 2.05) is 18.2 Å². The standard InChI is InChI=1S/C15H14N2O2/c1-19-14-7-6-12(10-16-14)15(18)17-9-8-11-4-2-3-5-13(11)17/h2-7,10H,8-9H2,1H3. The molecule has 1 aromatic carbocycles. The van der Waals surface area contributed by atoms with Gasteiger partial charge in [-0.05, 0) is 24.1 Å². The van der Waals surface area contributed by atoms with Crippen molar-refractivity contribution >= 4 is 11.6 Å². The van der Waals surface area contributed by atoms with Crippen LogP contribution in [0, 0.1) is 0 Å². The van der Waals surface area contributed by atoms with Crippen LogP contribution in [0.4, 0.5) is 5.69 Å². The molecule has 0 fully saturated rings. The lowest BCUT2D eigenvalue weighted by molar-refractivity contribution is 0.0989. The normalized spacial score (nSPS) is 13.2. The number of fused-ring (bicyclic) bond motifs is 1. The number of methoxy groups -OCH3 is 1. The van der Waals surface area contributed by atoms with Gasteiger partial charge >= 0.3 is 0 Å².